The number of carbonyl (C=O) groups is 2. The minimum absolute atomic E-state index is 0.105. The molecule has 0 radical (unpaired) electrons. The van der Waals surface area contributed by atoms with Crippen molar-refractivity contribution in [3.05, 3.63) is 35.4 Å². The van der Waals surface area contributed by atoms with Crippen LogP contribution in [0.1, 0.15) is 29.8 Å². The molecule has 1 unspecified atom stereocenters. The summed E-state index contributed by atoms with van der Waals surface area (Å²) in [6, 6.07) is 6.98. The Morgan fingerprint density at radius 1 is 1.17 bits per heavy atom. The van der Waals surface area contributed by atoms with E-state index in [1.54, 1.807) is 12.1 Å². The van der Waals surface area contributed by atoms with E-state index in [-0.39, 0.29) is 31.0 Å². The number of carbonyl (C=O) groups excluding carboxylic acids is 2. The van der Waals surface area contributed by atoms with Gasteiger partial charge in [0.25, 0.3) is 5.91 Å². The van der Waals surface area contributed by atoms with E-state index in [0.717, 1.165) is 5.56 Å². The van der Waals surface area contributed by atoms with Crippen LogP contribution in [0, 0.1) is 12.8 Å². The van der Waals surface area contributed by atoms with E-state index < -0.39 is 9.89 Å². The zero-order valence-electron chi connectivity index (χ0n) is 13.7. The van der Waals surface area contributed by atoms with Crippen molar-refractivity contribution >= 4 is 46.8 Å². The van der Waals surface area contributed by atoms with Gasteiger partial charge in [0.2, 0.25) is 3.79 Å². The molecule has 1 aromatic rings. The second-order valence-corrected chi connectivity index (χ2v) is 8.28. The molecule has 2 amide bonds. The van der Waals surface area contributed by atoms with Crippen molar-refractivity contribution in [2.75, 3.05) is 13.2 Å². The van der Waals surface area contributed by atoms with E-state index in [2.05, 4.69) is 10.6 Å². The average molecular weight is 396 g/mol. The monoisotopic (exact) mass is 394 g/mol. The van der Waals surface area contributed by atoms with Crippen molar-refractivity contribution in [3.8, 4) is 0 Å². The predicted molar refractivity (Wildman–Crippen MR) is 96.9 cm³/mol. The van der Waals surface area contributed by atoms with Gasteiger partial charge in [0.15, 0.2) is 0 Å². The van der Waals surface area contributed by atoms with E-state index in [9.17, 15) is 9.59 Å². The van der Waals surface area contributed by atoms with Gasteiger partial charge in [0.05, 0.1) is 0 Å². The maximum Gasteiger partial charge on any atom is 0.407 e. The molecule has 0 fully saturated rings. The summed E-state index contributed by atoms with van der Waals surface area (Å²) in [5, 5.41) is 5.44. The first kappa shape index (κ1) is 20.9. The summed E-state index contributed by atoms with van der Waals surface area (Å²) < 4.78 is 3.12. The molecule has 0 spiro atoms. The van der Waals surface area contributed by atoms with E-state index >= 15 is 0 Å². The number of aryl methyl sites for hydroxylation is 1. The van der Waals surface area contributed by atoms with E-state index in [0.29, 0.717) is 5.56 Å². The van der Waals surface area contributed by atoms with Gasteiger partial charge >= 0.3 is 6.09 Å². The molecule has 0 saturated heterocycles. The molecule has 5 nitrogen and oxygen atoms in total. The number of alkyl carbamates (subject to hydrolysis) is 1. The fourth-order valence-electron chi connectivity index (χ4n) is 1.80. The van der Waals surface area contributed by atoms with E-state index in [1.807, 2.05) is 32.9 Å². The quantitative estimate of drug-likeness (QED) is 0.719. The van der Waals surface area contributed by atoms with Crippen LogP contribution in [-0.2, 0) is 4.74 Å². The molecule has 24 heavy (non-hydrogen) atoms. The highest BCUT2D eigenvalue weighted by molar-refractivity contribution is 6.67. The first-order chi connectivity index (χ1) is 11.1. The highest BCUT2D eigenvalue weighted by atomic mass is 35.6. The number of alkyl halides is 3. The minimum Gasteiger partial charge on any atom is -0.445 e. The molecule has 0 bridgehead atoms. The summed E-state index contributed by atoms with van der Waals surface area (Å²) >= 11 is 16.5. The Balaban J connectivity index is 2.53. The maximum absolute atomic E-state index is 12.3. The number of hydrogen-bond donors (Lipinski definition) is 2. The lowest BCUT2D eigenvalue weighted by Crippen LogP contribution is -2.47. The largest absolute Gasteiger partial charge is 0.445 e. The Morgan fingerprint density at radius 2 is 1.75 bits per heavy atom. The number of rotatable bonds is 6. The van der Waals surface area contributed by atoms with Crippen LogP contribution in [0.5, 0.6) is 0 Å². The van der Waals surface area contributed by atoms with Crippen LogP contribution in [0.3, 0.4) is 0 Å². The first-order valence-electron chi connectivity index (χ1n) is 7.43. The second-order valence-electron chi connectivity index (χ2n) is 5.76. The minimum atomic E-state index is -1.66. The lowest BCUT2D eigenvalue weighted by atomic mass is 10.0. The summed E-state index contributed by atoms with van der Waals surface area (Å²) in [6.45, 7) is 5.67. The summed E-state index contributed by atoms with van der Waals surface area (Å²) in [4.78, 5) is 23.9. The fraction of sp³-hybridized carbons (Fsp3) is 0.500. The van der Waals surface area contributed by atoms with Gasteiger partial charge in [-0.3, -0.25) is 4.79 Å². The molecule has 0 aliphatic rings. The van der Waals surface area contributed by atoms with Gasteiger partial charge in [-0.25, -0.2) is 4.79 Å². The number of amides is 2. The summed E-state index contributed by atoms with van der Waals surface area (Å²) in [7, 11) is 0. The van der Waals surface area contributed by atoms with Gasteiger partial charge in [-0.15, -0.1) is 0 Å². The SMILES string of the molecule is Cc1ccc(C(=O)NC(CNC(=O)OCC(Cl)(Cl)Cl)C(C)C)cc1. The predicted octanol–water partition coefficient (Wildman–Crippen LogP) is 3.85. The normalized spacial score (nSPS) is 12.6. The molecule has 0 aromatic heterocycles. The molecule has 1 aromatic carbocycles. The van der Waals surface area contributed by atoms with E-state index in [1.165, 1.54) is 0 Å². The highest BCUT2D eigenvalue weighted by Gasteiger charge is 2.23. The highest BCUT2D eigenvalue weighted by Crippen LogP contribution is 2.25. The summed E-state index contributed by atoms with van der Waals surface area (Å²) in [5.41, 5.74) is 1.63. The van der Waals surface area contributed by atoms with Gasteiger partial charge in [0, 0.05) is 18.2 Å². The molecule has 1 atom stereocenters. The lowest BCUT2D eigenvalue weighted by molar-refractivity contribution is 0.0921. The van der Waals surface area contributed by atoms with Crippen LogP contribution < -0.4 is 10.6 Å². The fourth-order valence-corrected chi connectivity index (χ4v) is 1.97. The van der Waals surface area contributed by atoms with Crippen molar-refractivity contribution < 1.29 is 14.3 Å². The zero-order chi connectivity index (χ0) is 18.3. The molecule has 0 aliphatic carbocycles. The Bertz CT molecular complexity index is 557. The van der Waals surface area contributed by atoms with Crippen LogP contribution in [0.15, 0.2) is 24.3 Å². The first-order valence-corrected chi connectivity index (χ1v) is 8.57. The van der Waals surface area contributed by atoms with Gasteiger partial charge in [-0.1, -0.05) is 66.3 Å². The lowest BCUT2D eigenvalue weighted by Gasteiger charge is -2.23. The summed E-state index contributed by atoms with van der Waals surface area (Å²) in [6.07, 6.45) is -0.712. The van der Waals surface area contributed by atoms with E-state index in [4.69, 9.17) is 39.5 Å². The number of halogens is 3. The van der Waals surface area contributed by atoms with Gasteiger partial charge in [0.1, 0.15) is 6.61 Å². The van der Waals surface area contributed by atoms with Gasteiger partial charge in [-0.05, 0) is 25.0 Å². The van der Waals surface area contributed by atoms with Gasteiger partial charge < -0.3 is 15.4 Å². The zero-order valence-corrected chi connectivity index (χ0v) is 16.0. The molecule has 134 valence electrons. The van der Waals surface area contributed by atoms with Crippen LogP contribution >= 0.6 is 34.8 Å². The number of benzene rings is 1. The van der Waals surface area contributed by atoms with Gasteiger partial charge in [-0.2, -0.15) is 0 Å². The molecule has 8 heteroatoms. The number of nitrogens with one attached hydrogen (secondary N) is 2. The Hall–Kier alpha value is -1.17. The van der Waals surface area contributed by atoms with Crippen molar-refractivity contribution in [1.82, 2.24) is 10.6 Å². The smallest absolute Gasteiger partial charge is 0.407 e. The maximum atomic E-state index is 12.3. The van der Waals surface area contributed by atoms with Crippen LogP contribution in [-0.4, -0.2) is 35.0 Å². The van der Waals surface area contributed by atoms with Crippen molar-refractivity contribution in [2.45, 2.75) is 30.6 Å². The molecule has 0 aliphatic heterocycles. The standard InChI is InChI=1S/C16H21Cl3N2O3/c1-10(2)13(8-20-15(23)24-9-16(17,18)19)21-14(22)12-6-4-11(3)5-7-12/h4-7,10,13H,8-9H2,1-3H3,(H,20,23)(H,21,22). The Kier molecular flexibility index (Phi) is 8.13. The van der Waals surface area contributed by atoms with Crippen LogP contribution in [0.25, 0.3) is 0 Å². The number of hydrogen-bond acceptors (Lipinski definition) is 3. The third-order valence-electron chi connectivity index (χ3n) is 3.27. The molecular weight excluding hydrogens is 375 g/mol. The van der Waals surface area contributed by atoms with Crippen LogP contribution in [0.2, 0.25) is 0 Å². The second kappa shape index (κ2) is 9.35. The van der Waals surface area contributed by atoms with Crippen molar-refractivity contribution in [3.63, 3.8) is 0 Å². The molecule has 0 saturated carbocycles. The third-order valence-corrected chi connectivity index (χ3v) is 3.60. The molecule has 0 heterocycles. The number of ether oxygens (including phenoxy) is 1. The average Bonchev–Trinajstić information content (AvgIpc) is 2.48. The third kappa shape index (κ3) is 8.08. The molecule has 2 N–H and O–H groups in total. The summed E-state index contributed by atoms with van der Waals surface area (Å²) in [5.74, 6) is -0.0990. The topological polar surface area (TPSA) is 67.4 Å². The van der Waals surface area contributed by atoms with Crippen molar-refractivity contribution in [2.24, 2.45) is 5.92 Å². The molecule has 1 rings (SSSR count). The Labute approximate surface area is 157 Å². The molecular formula is C16H21Cl3N2O3. The Morgan fingerprint density at radius 3 is 2.25 bits per heavy atom. The van der Waals surface area contributed by atoms with Crippen molar-refractivity contribution in [1.29, 1.82) is 0 Å². The van der Waals surface area contributed by atoms with Crippen LogP contribution in [0.4, 0.5) is 4.79 Å².